The number of benzene rings is 2. The maximum atomic E-state index is 5.68. The van der Waals surface area contributed by atoms with Gasteiger partial charge in [-0.05, 0) is 47.5 Å². The standard InChI is InChI=1S/C16H16N2O/c17-15-5-1-3-13(11-15)7-9-19-10-8-14-4-2-6-16(18)12-14/h1-12H,17-18H2. The molecule has 0 amide bonds. The van der Waals surface area contributed by atoms with Crippen molar-refractivity contribution in [1.82, 2.24) is 0 Å². The molecule has 0 radical (unpaired) electrons. The molecule has 0 fully saturated rings. The summed E-state index contributed by atoms with van der Waals surface area (Å²) < 4.78 is 5.28. The largest absolute Gasteiger partial charge is 0.473 e. The molecule has 0 saturated carbocycles. The van der Waals surface area contributed by atoms with Gasteiger partial charge in [0.2, 0.25) is 0 Å². The van der Waals surface area contributed by atoms with Gasteiger partial charge in [-0.3, -0.25) is 0 Å². The summed E-state index contributed by atoms with van der Waals surface area (Å²) in [7, 11) is 0. The zero-order chi connectivity index (χ0) is 13.5. The molecule has 96 valence electrons. The molecule has 2 aromatic rings. The molecule has 0 aliphatic heterocycles. The molecule has 0 bridgehead atoms. The van der Waals surface area contributed by atoms with Gasteiger partial charge in [0.25, 0.3) is 0 Å². The highest BCUT2D eigenvalue weighted by atomic mass is 16.5. The fraction of sp³-hybridized carbons (Fsp3) is 0. The lowest BCUT2D eigenvalue weighted by Gasteiger charge is -1.96. The van der Waals surface area contributed by atoms with E-state index in [9.17, 15) is 0 Å². The van der Waals surface area contributed by atoms with Crippen LogP contribution in [0.4, 0.5) is 11.4 Å². The Hall–Kier alpha value is -2.68. The van der Waals surface area contributed by atoms with Gasteiger partial charge in [0.15, 0.2) is 0 Å². The second-order valence-electron chi connectivity index (χ2n) is 4.08. The van der Waals surface area contributed by atoms with Crippen LogP contribution < -0.4 is 11.5 Å². The number of ether oxygens (including phenoxy) is 1. The molecular formula is C16H16N2O. The lowest BCUT2D eigenvalue weighted by Crippen LogP contribution is -1.84. The van der Waals surface area contributed by atoms with Crippen LogP contribution in [-0.4, -0.2) is 0 Å². The Morgan fingerprint density at radius 2 is 1.21 bits per heavy atom. The lowest BCUT2D eigenvalue weighted by molar-refractivity contribution is 0.410. The van der Waals surface area contributed by atoms with Crippen molar-refractivity contribution < 1.29 is 4.74 Å². The van der Waals surface area contributed by atoms with Crippen molar-refractivity contribution in [3.63, 3.8) is 0 Å². The molecule has 0 spiro atoms. The summed E-state index contributed by atoms with van der Waals surface area (Å²) in [4.78, 5) is 0. The van der Waals surface area contributed by atoms with E-state index in [0.717, 1.165) is 22.5 Å². The van der Waals surface area contributed by atoms with Crippen molar-refractivity contribution in [2.45, 2.75) is 0 Å². The summed E-state index contributed by atoms with van der Waals surface area (Å²) in [5.41, 5.74) is 14.8. The van der Waals surface area contributed by atoms with Crippen molar-refractivity contribution in [2.24, 2.45) is 0 Å². The lowest BCUT2D eigenvalue weighted by atomic mass is 10.2. The summed E-state index contributed by atoms with van der Waals surface area (Å²) in [6.07, 6.45) is 6.91. The first-order valence-electron chi connectivity index (χ1n) is 5.94. The fourth-order valence-corrected chi connectivity index (χ4v) is 1.61. The van der Waals surface area contributed by atoms with Gasteiger partial charge in [0, 0.05) is 11.4 Å². The van der Waals surface area contributed by atoms with Gasteiger partial charge in [0.1, 0.15) is 0 Å². The first-order chi connectivity index (χ1) is 9.24. The molecule has 0 saturated heterocycles. The second-order valence-corrected chi connectivity index (χ2v) is 4.08. The number of rotatable bonds is 4. The molecule has 0 heterocycles. The molecule has 0 aliphatic carbocycles. The molecule has 0 aliphatic rings. The molecule has 4 N–H and O–H groups in total. The van der Waals surface area contributed by atoms with E-state index in [1.165, 1.54) is 0 Å². The van der Waals surface area contributed by atoms with Crippen molar-refractivity contribution in [1.29, 1.82) is 0 Å². The van der Waals surface area contributed by atoms with Gasteiger partial charge in [-0.15, -0.1) is 0 Å². The van der Waals surface area contributed by atoms with E-state index < -0.39 is 0 Å². The highest BCUT2D eigenvalue weighted by Crippen LogP contribution is 2.09. The average Bonchev–Trinajstić information content (AvgIpc) is 2.38. The van der Waals surface area contributed by atoms with Gasteiger partial charge in [-0.2, -0.15) is 0 Å². The zero-order valence-corrected chi connectivity index (χ0v) is 10.5. The van der Waals surface area contributed by atoms with Crippen molar-refractivity contribution >= 4 is 23.5 Å². The van der Waals surface area contributed by atoms with Gasteiger partial charge in [-0.25, -0.2) is 0 Å². The van der Waals surface area contributed by atoms with Crippen LogP contribution in [0.2, 0.25) is 0 Å². The quantitative estimate of drug-likeness (QED) is 0.646. The number of anilines is 2. The molecule has 2 aromatic carbocycles. The maximum Gasteiger partial charge on any atom is 0.0907 e. The highest BCUT2D eigenvalue weighted by molar-refractivity contribution is 5.56. The van der Waals surface area contributed by atoms with E-state index in [1.807, 2.05) is 60.7 Å². The Balaban J connectivity index is 1.90. The molecule has 19 heavy (non-hydrogen) atoms. The predicted molar refractivity (Wildman–Crippen MR) is 80.9 cm³/mol. The molecule has 0 atom stereocenters. The van der Waals surface area contributed by atoms with Crippen LogP contribution in [0.1, 0.15) is 11.1 Å². The third-order valence-electron chi connectivity index (χ3n) is 2.50. The third-order valence-corrected chi connectivity index (χ3v) is 2.50. The molecular weight excluding hydrogens is 236 g/mol. The Bertz CT molecular complexity index is 550. The monoisotopic (exact) mass is 252 g/mol. The topological polar surface area (TPSA) is 61.3 Å². The van der Waals surface area contributed by atoms with E-state index in [4.69, 9.17) is 16.2 Å². The minimum atomic E-state index is 0.734. The van der Waals surface area contributed by atoms with Crippen molar-refractivity contribution in [3.05, 3.63) is 72.2 Å². The van der Waals surface area contributed by atoms with Crippen LogP contribution in [0.5, 0.6) is 0 Å². The van der Waals surface area contributed by atoms with Gasteiger partial charge >= 0.3 is 0 Å². The molecule has 3 nitrogen and oxygen atoms in total. The molecule has 0 aromatic heterocycles. The van der Waals surface area contributed by atoms with Crippen molar-refractivity contribution in [2.75, 3.05) is 11.5 Å². The van der Waals surface area contributed by atoms with Crippen LogP contribution in [0.3, 0.4) is 0 Å². The Kier molecular flexibility index (Phi) is 4.24. The van der Waals surface area contributed by atoms with Crippen LogP contribution in [0, 0.1) is 0 Å². The average molecular weight is 252 g/mol. The van der Waals surface area contributed by atoms with E-state index in [2.05, 4.69) is 0 Å². The summed E-state index contributed by atoms with van der Waals surface area (Å²) in [6, 6.07) is 15.2. The summed E-state index contributed by atoms with van der Waals surface area (Å²) in [5.74, 6) is 0. The van der Waals surface area contributed by atoms with Crippen LogP contribution >= 0.6 is 0 Å². The summed E-state index contributed by atoms with van der Waals surface area (Å²) in [5, 5.41) is 0. The minimum Gasteiger partial charge on any atom is -0.473 e. The minimum absolute atomic E-state index is 0.734. The normalized spacial score (nSPS) is 11.2. The molecule has 3 heteroatoms. The number of hydrogen-bond donors (Lipinski definition) is 2. The van der Waals surface area contributed by atoms with E-state index in [-0.39, 0.29) is 0 Å². The van der Waals surface area contributed by atoms with E-state index in [1.54, 1.807) is 12.5 Å². The highest BCUT2D eigenvalue weighted by Gasteiger charge is 1.88. The fourth-order valence-electron chi connectivity index (χ4n) is 1.61. The van der Waals surface area contributed by atoms with Gasteiger partial charge < -0.3 is 16.2 Å². The smallest absolute Gasteiger partial charge is 0.0907 e. The number of nitrogens with two attached hydrogens (primary N) is 2. The van der Waals surface area contributed by atoms with Gasteiger partial charge in [-0.1, -0.05) is 24.3 Å². The Morgan fingerprint density at radius 3 is 1.63 bits per heavy atom. The van der Waals surface area contributed by atoms with Crippen LogP contribution in [0.25, 0.3) is 12.2 Å². The summed E-state index contributed by atoms with van der Waals surface area (Å²) in [6.45, 7) is 0. The second kappa shape index (κ2) is 6.31. The van der Waals surface area contributed by atoms with Crippen LogP contribution in [0.15, 0.2) is 61.1 Å². The number of nitrogen functional groups attached to an aromatic ring is 2. The SMILES string of the molecule is Nc1cccc(C=COC=Cc2cccc(N)c2)c1. The van der Waals surface area contributed by atoms with E-state index in [0.29, 0.717) is 0 Å². The van der Waals surface area contributed by atoms with Crippen LogP contribution in [-0.2, 0) is 4.74 Å². The first-order valence-corrected chi connectivity index (χ1v) is 5.94. The molecule has 0 unspecified atom stereocenters. The van der Waals surface area contributed by atoms with E-state index >= 15 is 0 Å². The molecule has 2 rings (SSSR count). The third kappa shape index (κ3) is 4.24. The number of hydrogen-bond acceptors (Lipinski definition) is 3. The Morgan fingerprint density at radius 1 is 0.737 bits per heavy atom. The first kappa shape index (κ1) is 12.8. The summed E-state index contributed by atoms with van der Waals surface area (Å²) >= 11 is 0. The predicted octanol–water partition coefficient (Wildman–Crippen LogP) is 3.51. The maximum absolute atomic E-state index is 5.68. The Labute approximate surface area is 112 Å². The van der Waals surface area contributed by atoms with Crippen molar-refractivity contribution in [3.8, 4) is 0 Å². The zero-order valence-electron chi connectivity index (χ0n) is 10.5. The van der Waals surface area contributed by atoms with Gasteiger partial charge in [0.05, 0.1) is 12.5 Å².